The molecule has 0 aromatic heterocycles. The van der Waals surface area contributed by atoms with Crippen molar-refractivity contribution in [3.8, 4) is 0 Å². The van der Waals surface area contributed by atoms with Crippen molar-refractivity contribution in [3.05, 3.63) is 0 Å². The van der Waals surface area contributed by atoms with E-state index in [-0.39, 0.29) is 19.3 Å². The van der Waals surface area contributed by atoms with Gasteiger partial charge in [-0.25, -0.2) is 0 Å². The van der Waals surface area contributed by atoms with Gasteiger partial charge in [0.05, 0.1) is 31.6 Å². The topological polar surface area (TPSA) is 83.5 Å². The van der Waals surface area contributed by atoms with E-state index in [2.05, 4.69) is 0 Å². The van der Waals surface area contributed by atoms with E-state index in [1.54, 1.807) is 21.0 Å². The number of rotatable bonds is 10. The van der Waals surface area contributed by atoms with Crippen molar-refractivity contribution in [2.75, 3.05) is 26.9 Å². The molecule has 1 unspecified atom stereocenters. The zero-order valence-electron chi connectivity index (χ0n) is 14.5. The van der Waals surface area contributed by atoms with E-state index in [4.69, 9.17) is 31.3 Å². The summed E-state index contributed by atoms with van der Waals surface area (Å²) in [4.78, 5) is 10.0. The molecule has 1 heterocycles. The molecule has 0 amide bonds. The summed E-state index contributed by atoms with van der Waals surface area (Å²) < 4.78 is 39.5. The van der Waals surface area contributed by atoms with Gasteiger partial charge < -0.3 is 23.8 Å². The first kappa shape index (κ1) is 21.1. The lowest BCUT2D eigenvalue weighted by Gasteiger charge is -2.28. The van der Waals surface area contributed by atoms with Gasteiger partial charge in [-0.3, -0.25) is 9.09 Å². The molecule has 1 rings (SSSR count). The highest BCUT2D eigenvalue weighted by Crippen LogP contribution is 2.50. The Hall–Kier alpha value is 0.0549. The maximum absolute atomic E-state index is 12.3. The average molecular weight is 350 g/mol. The summed E-state index contributed by atoms with van der Waals surface area (Å²) in [6.45, 7) is 7.90. The third-order valence-electron chi connectivity index (χ3n) is 3.46. The minimum Gasteiger partial charge on any atom is -0.382 e. The molecule has 1 N–H and O–H groups in total. The molecule has 0 saturated carbocycles. The van der Waals surface area contributed by atoms with Crippen LogP contribution in [0.15, 0.2) is 0 Å². The van der Waals surface area contributed by atoms with Crippen molar-refractivity contribution in [1.82, 2.24) is 0 Å². The monoisotopic (exact) mass is 350 g/mol. The van der Waals surface area contributed by atoms with Crippen LogP contribution in [0, 0.1) is 0 Å². The van der Waals surface area contributed by atoms with Gasteiger partial charge in [-0.2, -0.15) is 0 Å². The Morgan fingerprint density at radius 1 is 1.22 bits per heavy atom. The molecule has 0 bridgehead atoms. The molecule has 9 heteroatoms. The molecule has 2 radical (unpaired) electrons. The van der Waals surface area contributed by atoms with Crippen molar-refractivity contribution >= 4 is 15.4 Å². The van der Waals surface area contributed by atoms with Gasteiger partial charge in [-0.05, 0) is 13.8 Å². The lowest BCUT2D eigenvalue weighted by Crippen LogP contribution is -2.40. The van der Waals surface area contributed by atoms with Crippen molar-refractivity contribution in [2.45, 2.75) is 63.8 Å². The maximum Gasteiger partial charge on any atom is 0.331 e. The van der Waals surface area contributed by atoms with Crippen LogP contribution >= 0.6 is 7.60 Å². The highest BCUT2D eigenvalue weighted by atomic mass is 31.2. The zero-order chi connectivity index (χ0) is 17.6. The smallest absolute Gasteiger partial charge is 0.331 e. The summed E-state index contributed by atoms with van der Waals surface area (Å²) in [6, 6.07) is -0.759. The Bertz CT molecular complexity index is 393. The molecule has 0 aromatic rings. The SMILES string of the molecule is [B][C@@H]1O[C@H](COC(C)C)[C@@H](OP(=O)(O)C(C)C)[C@H]1OCCOC. The van der Waals surface area contributed by atoms with E-state index < -0.39 is 37.6 Å². The molecule has 1 aliphatic heterocycles. The second-order valence-electron chi connectivity index (χ2n) is 6.08. The predicted molar refractivity (Wildman–Crippen MR) is 87.0 cm³/mol. The molecule has 5 atom stereocenters. The van der Waals surface area contributed by atoms with Gasteiger partial charge in [-0.1, -0.05) is 13.8 Å². The standard InChI is InChI=1S/C14H28BO7P/c1-9(2)20-8-11-12(22-23(16,17)10(3)4)13(14(15)21-11)19-7-6-18-5/h9-14H,6-8H2,1-5H3,(H,16,17)/t11-,12-,13-,14-/m1/s1. The summed E-state index contributed by atoms with van der Waals surface area (Å²) in [6.07, 6.45) is -2.02. The Kier molecular flexibility index (Phi) is 8.73. The van der Waals surface area contributed by atoms with Crippen LogP contribution in [0.1, 0.15) is 27.7 Å². The van der Waals surface area contributed by atoms with Crippen LogP contribution in [0.5, 0.6) is 0 Å². The summed E-state index contributed by atoms with van der Waals surface area (Å²) in [5, 5.41) is 0. The van der Waals surface area contributed by atoms with E-state index >= 15 is 0 Å². The first-order valence-electron chi connectivity index (χ1n) is 7.83. The lowest BCUT2D eigenvalue weighted by atomic mass is 9.93. The summed E-state index contributed by atoms with van der Waals surface area (Å²) in [5.74, 6) is 0. The normalized spacial score (nSPS) is 31.0. The van der Waals surface area contributed by atoms with Crippen molar-refractivity contribution in [1.29, 1.82) is 0 Å². The molecule has 1 saturated heterocycles. The van der Waals surface area contributed by atoms with Crippen molar-refractivity contribution < 1.29 is 32.9 Å². The Morgan fingerprint density at radius 3 is 2.39 bits per heavy atom. The number of ether oxygens (including phenoxy) is 4. The number of methoxy groups -OCH3 is 1. The second kappa shape index (κ2) is 9.52. The van der Waals surface area contributed by atoms with Gasteiger partial charge >= 0.3 is 7.60 Å². The third kappa shape index (κ3) is 6.46. The largest absolute Gasteiger partial charge is 0.382 e. The Morgan fingerprint density at radius 2 is 1.87 bits per heavy atom. The van der Waals surface area contributed by atoms with E-state index in [1.807, 2.05) is 13.8 Å². The fraction of sp³-hybridized carbons (Fsp3) is 1.00. The quantitative estimate of drug-likeness (QED) is 0.361. The molecule has 0 aliphatic carbocycles. The van der Waals surface area contributed by atoms with Crippen molar-refractivity contribution in [2.24, 2.45) is 0 Å². The van der Waals surface area contributed by atoms with Crippen LogP contribution in [0.25, 0.3) is 0 Å². The number of hydrogen-bond acceptors (Lipinski definition) is 6. The first-order valence-corrected chi connectivity index (χ1v) is 9.47. The van der Waals surface area contributed by atoms with Gasteiger partial charge in [0.2, 0.25) is 0 Å². The highest BCUT2D eigenvalue weighted by molar-refractivity contribution is 7.53. The molecule has 23 heavy (non-hydrogen) atoms. The van der Waals surface area contributed by atoms with Crippen LogP contribution in [-0.2, 0) is 28.0 Å². The number of hydrogen-bond donors (Lipinski definition) is 1. The van der Waals surface area contributed by atoms with E-state index in [0.29, 0.717) is 6.61 Å². The lowest BCUT2D eigenvalue weighted by molar-refractivity contribution is -0.0502. The average Bonchev–Trinajstić information content (AvgIpc) is 2.73. The highest BCUT2D eigenvalue weighted by Gasteiger charge is 2.47. The predicted octanol–water partition coefficient (Wildman–Crippen LogP) is 1.32. The third-order valence-corrected chi connectivity index (χ3v) is 5.31. The Labute approximate surface area is 139 Å². The van der Waals surface area contributed by atoms with Crippen LogP contribution in [0.2, 0.25) is 0 Å². The minimum atomic E-state index is -3.80. The minimum absolute atomic E-state index is 0.00466. The van der Waals surface area contributed by atoms with Crippen LogP contribution in [0.4, 0.5) is 0 Å². The molecule has 7 nitrogen and oxygen atoms in total. The summed E-state index contributed by atoms with van der Waals surface area (Å²) in [7, 11) is 3.70. The van der Waals surface area contributed by atoms with Crippen LogP contribution in [0.3, 0.4) is 0 Å². The molecule has 0 spiro atoms. The van der Waals surface area contributed by atoms with E-state index in [1.165, 1.54) is 0 Å². The van der Waals surface area contributed by atoms with Gasteiger partial charge in [0.25, 0.3) is 0 Å². The molecular formula is C14H28BO7P. The van der Waals surface area contributed by atoms with Crippen LogP contribution < -0.4 is 0 Å². The fourth-order valence-electron chi connectivity index (χ4n) is 2.06. The molecule has 1 aliphatic rings. The maximum atomic E-state index is 12.3. The molecule has 1 fully saturated rings. The molecule has 0 aromatic carbocycles. The van der Waals surface area contributed by atoms with Gasteiger partial charge in [0.1, 0.15) is 26.2 Å². The summed E-state index contributed by atoms with van der Waals surface area (Å²) >= 11 is 0. The van der Waals surface area contributed by atoms with E-state index in [0.717, 1.165) is 0 Å². The van der Waals surface area contributed by atoms with Gasteiger partial charge in [-0.15, -0.1) is 0 Å². The zero-order valence-corrected chi connectivity index (χ0v) is 15.4. The van der Waals surface area contributed by atoms with Crippen LogP contribution in [-0.4, -0.2) is 75.7 Å². The summed E-state index contributed by atoms with van der Waals surface area (Å²) in [5.41, 5.74) is -0.536. The fourth-order valence-corrected chi connectivity index (χ4v) is 2.91. The second-order valence-corrected chi connectivity index (χ2v) is 8.45. The molecule has 134 valence electrons. The first-order chi connectivity index (χ1) is 10.7. The van der Waals surface area contributed by atoms with Gasteiger partial charge in [0.15, 0.2) is 0 Å². The Balaban J connectivity index is 2.82. The molecular weight excluding hydrogens is 322 g/mol. The van der Waals surface area contributed by atoms with E-state index in [9.17, 15) is 9.46 Å². The van der Waals surface area contributed by atoms with Crippen molar-refractivity contribution in [3.63, 3.8) is 0 Å². The van der Waals surface area contributed by atoms with Gasteiger partial charge in [0, 0.05) is 13.1 Å².